The van der Waals surface area contributed by atoms with Gasteiger partial charge < -0.3 is 9.47 Å². The topological polar surface area (TPSA) is 81.7 Å². The predicted octanol–water partition coefficient (Wildman–Crippen LogP) is 4.50. The molecule has 3 atom stereocenters. The molecule has 2 aliphatic carbocycles. The van der Waals surface area contributed by atoms with Crippen LogP contribution in [0, 0.1) is 22.7 Å². The average Bonchev–Trinajstić information content (AvgIpc) is 3.02. The van der Waals surface area contributed by atoms with Crippen LogP contribution in [0.4, 0.5) is 0 Å². The van der Waals surface area contributed by atoms with Crippen LogP contribution < -0.4 is 14.2 Å². The van der Waals surface area contributed by atoms with Crippen molar-refractivity contribution in [2.75, 3.05) is 19.0 Å². The number of ketones is 1. The molecule has 174 valence electrons. The zero-order valence-corrected chi connectivity index (χ0v) is 20.5. The summed E-state index contributed by atoms with van der Waals surface area (Å²) in [7, 11) is -3.69. The number of Topliss-reactive ketones (excluding diaryl/α,β-unsaturated/α-hetero) is 1. The van der Waals surface area contributed by atoms with Crippen molar-refractivity contribution in [2.24, 2.45) is 22.7 Å². The van der Waals surface area contributed by atoms with Gasteiger partial charge in [0.25, 0.3) is 0 Å². The number of carbonyl (C=O) groups is 1. The summed E-state index contributed by atoms with van der Waals surface area (Å²) in [6, 6.07) is 5.15. The van der Waals surface area contributed by atoms with Crippen molar-refractivity contribution in [2.45, 2.75) is 66.8 Å². The number of sulfonamides is 1. The van der Waals surface area contributed by atoms with E-state index in [9.17, 15) is 13.2 Å². The fourth-order valence-electron chi connectivity index (χ4n) is 5.52. The highest BCUT2D eigenvalue weighted by atomic mass is 32.2. The third kappa shape index (κ3) is 4.36. The molecule has 6 nitrogen and oxygen atoms in total. The Morgan fingerprint density at radius 2 is 1.77 bits per heavy atom. The molecule has 2 bridgehead atoms. The smallest absolute Gasteiger partial charge is 0.213 e. The van der Waals surface area contributed by atoms with Crippen LogP contribution in [-0.2, 0) is 14.8 Å². The number of ether oxygens (including phenoxy) is 2. The Bertz CT molecular complexity index is 924. The van der Waals surface area contributed by atoms with Crippen LogP contribution in [-0.4, -0.2) is 33.2 Å². The lowest BCUT2D eigenvalue weighted by Gasteiger charge is -2.36. The summed E-state index contributed by atoms with van der Waals surface area (Å²) in [6.45, 7) is 12.9. The molecule has 31 heavy (non-hydrogen) atoms. The molecule has 2 fully saturated rings. The summed E-state index contributed by atoms with van der Waals surface area (Å²) in [5.74, 6) is 1.53. The molecular weight excluding hydrogens is 414 g/mol. The molecule has 0 aliphatic heterocycles. The Balaban J connectivity index is 1.88. The molecule has 0 saturated heterocycles. The predicted molar refractivity (Wildman–Crippen MR) is 122 cm³/mol. The highest BCUT2D eigenvalue weighted by molar-refractivity contribution is 7.89. The van der Waals surface area contributed by atoms with E-state index in [1.807, 2.05) is 45.9 Å². The van der Waals surface area contributed by atoms with Gasteiger partial charge in [-0.1, -0.05) is 33.8 Å². The molecule has 1 N–H and O–H groups in total. The van der Waals surface area contributed by atoms with E-state index in [1.54, 1.807) is 0 Å². The Morgan fingerprint density at radius 1 is 1.13 bits per heavy atom. The van der Waals surface area contributed by atoms with E-state index >= 15 is 0 Å². The highest BCUT2D eigenvalue weighted by Crippen LogP contribution is 2.64. The third-order valence-corrected chi connectivity index (χ3v) is 8.96. The molecule has 2 saturated carbocycles. The number of fused-ring (bicyclic) bond motifs is 2. The van der Waals surface area contributed by atoms with E-state index in [-0.39, 0.29) is 28.8 Å². The van der Waals surface area contributed by atoms with Gasteiger partial charge in [-0.3, -0.25) is 4.79 Å². The summed E-state index contributed by atoms with van der Waals surface area (Å²) in [5, 5.41) is 0. The third-order valence-electron chi connectivity index (χ3n) is 7.48. The fraction of sp³-hybridized carbons (Fsp3) is 0.708. The Morgan fingerprint density at radius 3 is 2.29 bits per heavy atom. The van der Waals surface area contributed by atoms with Crippen molar-refractivity contribution < 1.29 is 22.7 Å². The largest absolute Gasteiger partial charge is 0.490 e. The van der Waals surface area contributed by atoms with Gasteiger partial charge in [0.1, 0.15) is 5.78 Å². The van der Waals surface area contributed by atoms with Crippen LogP contribution in [0.5, 0.6) is 11.5 Å². The lowest BCUT2D eigenvalue weighted by Crippen LogP contribution is -2.46. The molecule has 2 aliphatic rings. The van der Waals surface area contributed by atoms with Gasteiger partial charge in [0.2, 0.25) is 10.0 Å². The van der Waals surface area contributed by atoms with Gasteiger partial charge in [-0.25, -0.2) is 13.1 Å². The summed E-state index contributed by atoms with van der Waals surface area (Å²) in [4.78, 5) is 12.8. The van der Waals surface area contributed by atoms with E-state index in [4.69, 9.17) is 9.47 Å². The summed E-state index contributed by atoms with van der Waals surface area (Å²) in [6.07, 6.45) is 2.10. The summed E-state index contributed by atoms with van der Waals surface area (Å²) in [5.41, 5.74) is -0.238. The van der Waals surface area contributed by atoms with Crippen molar-refractivity contribution in [1.29, 1.82) is 0 Å². The molecular formula is C24H37NO5S. The van der Waals surface area contributed by atoms with E-state index in [0.29, 0.717) is 37.6 Å². The maximum absolute atomic E-state index is 13.4. The first-order valence-corrected chi connectivity index (χ1v) is 13.1. The van der Waals surface area contributed by atoms with Gasteiger partial charge in [0.05, 0.1) is 19.0 Å². The minimum atomic E-state index is -3.69. The standard InChI is InChI=1S/C24H37NO5S/c1-7-29-19-10-9-17(13-20(19)30-8-2)22(16(3)4)25-31(27,28)15-24-12-11-18(14-21(24)26)23(24,5)6/h9-10,13,16,18,22,25H,7-8,11-12,14-15H2,1-6H3. The fourth-order valence-corrected chi connectivity index (χ4v) is 7.72. The minimum absolute atomic E-state index is 0.0170. The number of carbonyl (C=O) groups excluding carboxylic acids is 1. The normalized spacial score (nSPS) is 25.8. The van der Waals surface area contributed by atoms with Crippen molar-refractivity contribution >= 4 is 15.8 Å². The molecule has 0 amide bonds. The molecule has 1 aromatic rings. The van der Waals surface area contributed by atoms with Crippen LogP contribution in [0.15, 0.2) is 18.2 Å². The number of hydrogen-bond acceptors (Lipinski definition) is 5. The zero-order valence-electron chi connectivity index (χ0n) is 19.7. The van der Waals surface area contributed by atoms with E-state index in [0.717, 1.165) is 12.0 Å². The maximum atomic E-state index is 13.4. The van der Waals surface area contributed by atoms with Crippen LogP contribution in [0.2, 0.25) is 0 Å². The first-order valence-electron chi connectivity index (χ1n) is 11.4. The van der Waals surface area contributed by atoms with Gasteiger partial charge >= 0.3 is 0 Å². The molecule has 0 heterocycles. The van der Waals surface area contributed by atoms with E-state index < -0.39 is 21.5 Å². The van der Waals surface area contributed by atoms with Gasteiger partial charge in [-0.2, -0.15) is 0 Å². The Labute approximate surface area is 187 Å². The average molecular weight is 452 g/mol. The first-order chi connectivity index (χ1) is 14.5. The van der Waals surface area contributed by atoms with Crippen LogP contribution >= 0.6 is 0 Å². The van der Waals surface area contributed by atoms with Gasteiger partial charge in [0, 0.05) is 17.9 Å². The molecule has 1 aromatic carbocycles. The maximum Gasteiger partial charge on any atom is 0.213 e. The monoisotopic (exact) mass is 451 g/mol. The number of rotatable bonds is 10. The second-order valence-electron chi connectivity index (χ2n) is 9.84. The van der Waals surface area contributed by atoms with Crippen LogP contribution in [0.25, 0.3) is 0 Å². The van der Waals surface area contributed by atoms with Crippen molar-refractivity contribution in [3.63, 3.8) is 0 Å². The van der Waals surface area contributed by atoms with Gasteiger partial charge in [0.15, 0.2) is 11.5 Å². The van der Waals surface area contributed by atoms with Crippen molar-refractivity contribution in [3.8, 4) is 11.5 Å². The van der Waals surface area contributed by atoms with E-state index in [2.05, 4.69) is 18.6 Å². The number of hydrogen-bond donors (Lipinski definition) is 1. The minimum Gasteiger partial charge on any atom is -0.490 e. The van der Waals surface area contributed by atoms with Gasteiger partial charge in [-0.15, -0.1) is 0 Å². The number of nitrogens with one attached hydrogen (secondary N) is 1. The quantitative estimate of drug-likeness (QED) is 0.567. The second-order valence-corrected chi connectivity index (χ2v) is 11.6. The summed E-state index contributed by atoms with van der Waals surface area (Å²) >= 11 is 0. The zero-order chi connectivity index (χ0) is 23.0. The summed E-state index contributed by atoms with van der Waals surface area (Å²) < 4.78 is 41.0. The SMILES string of the molecule is CCOc1ccc(C(NS(=O)(=O)CC23CCC(CC2=O)C3(C)C)C(C)C)cc1OCC. The molecule has 3 unspecified atom stereocenters. The highest BCUT2D eigenvalue weighted by Gasteiger charge is 2.65. The first kappa shape index (κ1) is 24.1. The molecule has 0 radical (unpaired) electrons. The second kappa shape index (κ2) is 8.74. The molecule has 0 aromatic heterocycles. The van der Waals surface area contributed by atoms with Gasteiger partial charge in [-0.05, 0) is 61.6 Å². The Hall–Kier alpha value is -1.60. The lowest BCUT2D eigenvalue weighted by molar-refractivity contribution is -0.128. The number of benzene rings is 1. The molecule has 0 spiro atoms. The van der Waals surface area contributed by atoms with Crippen molar-refractivity contribution in [1.82, 2.24) is 4.72 Å². The Kier molecular flexibility index (Phi) is 6.78. The molecule has 3 rings (SSSR count). The lowest BCUT2D eigenvalue weighted by atomic mass is 9.70. The van der Waals surface area contributed by atoms with Crippen molar-refractivity contribution in [3.05, 3.63) is 23.8 Å². The van der Waals surface area contributed by atoms with E-state index in [1.165, 1.54) is 0 Å². The molecule has 7 heteroatoms. The van der Waals surface area contributed by atoms with Crippen LogP contribution in [0.1, 0.15) is 72.4 Å². The van der Waals surface area contributed by atoms with Crippen LogP contribution in [0.3, 0.4) is 0 Å².